The quantitative estimate of drug-likeness (QED) is 0.556. The molecule has 1 aliphatic carbocycles. The van der Waals surface area contributed by atoms with Crippen molar-refractivity contribution in [3.8, 4) is 0 Å². The molecule has 6 N–H and O–H groups in total. The first-order chi connectivity index (χ1) is 12.8. The molecule has 1 aromatic carbocycles. The Balaban J connectivity index is 1.77. The number of anilines is 1. The van der Waals surface area contributed by atoms with Gasteiger partial charge in [0.2, 0.25) is 0 Å². The fourth-order valence-corrected chi connectivity index (χ4v) is 3.18. The molecule has 1 heterocycles. The molecule has 0 bridgehead atoms. The molecule has 2 aliphatic rings. The largest absolute Gasteiger partial charge is 0.384 e. The van der Waals surface area contributed by atoms with Crippen molar-refractivity contribution in [1.82, 2.24) is 5.32 Å². The van der Waals surface area contributed by atoms with Gasteiger partial charge in [-0.05, 0) is 37.1 Å². The number of β-amino-alcohol motifs (C(OH)–C–C–N with tert-alkyl or cyclic N) is 1. The van der Waals surface area contributed by atoms with Gasteiger partial charge in [0.25, 0.3) is 5.91 Å². The number of allylic oxidation sites excluding steroid dienone is 4. The molecule has 1 saturated heterocycles. The van der Waals surface area contributed by atoms with E-state index >= 15 is 0 Å². The van der Waals surface area contributed by atoms with Crippen molar-refractivity contribution in [3.05, 3.63) is 64.9 Å². The molecule has 1 amide bonds. The molecule has 1 aromatic rings. The molecule has 0 saturated carbocycles. The van der Waals surface area contributed by atoms with E-state index in [4.69, 9.17) is 11.1 Å². The third-order valence-electron chi connectivity index (χ3n) is 4.68. The van der Waals surface area contributed by atoms with Gasteiger partial charge in [0.1, 0.15) is 22.8 Å². The molecule has 1 unspecified atom stereocenters. The molecule has 142 valence electrons. The number of benzene rings is 1. The Kier molecular flexibility index (Phi) is 5.20. The van der Waals surface area contributed by atoms with Gasteiger partial charge in [0.15, 0.2) is 0 Å². The maximum Gasteiger partial charge on any atom is 0.253 e. The summed E-state index contributed by atoms with van der Waals surface area (Å²) in [6, 6.07) is 6.94. The summed E-state index contributed by atoms with van der Waals surface area (Å²) in [5, 5.41) is 24.5. The molecular weight excluding hydrogens is 354 g/mol. The summed E-state index contributed by atoms with van der Waals surface area (Å²) in [5.41, 5.74) is 3.93. The van der Waals surface area contributed by atoms with Crippen LogP contribution in [0.5, 0.6) is 0 Å². The van der Waals surface area contributed by atoms with Gasteiger partial charge < -0.3 is 21.5 Å². The van der Waals surface area contributed by atoms with Crippen LogP contribution in [0.25, 0.3) is 0 Å². The second kappa shape index (κ2) is 7.42. The highest BCUT2D eigenvalue weighted by Crippen LogP contribution is 2.30. The summed E-state index contributed by atoms with van der Waals surface area (Å²) in [6.45, 7) is 1.35. The van der Waals surface area contributed by atoms with Crippen LogP contribution in [0.1, 0.15) is 18.4 Å². The Hall–Kier alpha value is -2.84. The predicted molar refractivity (Wildman–Crippen MR) is 98.4 cm³/mol. The molecule has 0 radical (unpaired) electrons. The van der Waals surface area contributed by atoms with E-state index in [1.165, 1.54) is 6.20 Å². The Morgan fingerprint density at radius 2 is 2.04 bits per heavy atom. The molecule has 1 atom stereocenters. The number of rotatable bonds is 4. The lowest BCUT2D eigenvalue weighted by molar-refractivity contribution is -0.114. The van der Waals surface area contributed by atoms with Crippen molar-refractivity contribution >= 4 is 17.3 Å². The number of hydrogen-bond donors (Lipinski definition) is 5. The van der Waals surface area contributed by atoms with Crippen LogP contribution in [0.2, 0.25) is 0 Å². The SMILES string of the molecule is N=C1C(C(N)=O)=C(F)C=C(F)/C1=C/Nc1ccc(C2(O)CCCNC2)cc1. The molecule has 0 aromatic heterocycles. The van der Waals surface area contributed by atoms with E-state index in [9.17, 15) is 18.7 Å². The number of halogens is 2. The molecule has 3 rings (SSSR count). The average molecular weight is 374 g/mol. The Bertz CT molecular complexity index is 866. The van der Waals surface area contributed by atoms with Crippen molar-refractivity contribution in [3.63, 3.8) is 0 Å². The molecule has 6 nitrogen and oxygen atoms in total. The molecule has 1 fully saturated rings. The number of amides is 1. The lowest BCUT2D eigenvalue weighted by Crippen LogP contribution is -2.43. The van der Waals surface area contributed by atoms with Crippen LogP contribution in [-0.2, 0) is 10.4 Å². The van der Waals surface area contributed by atoms with Gasteiger partial charge in [0, 0.05) is 24.5 Å². The minimum Gasteiger partial charge on any atom is -0.384 e. The molecule has 27 heavy (non-hydrogen) atoms. The summed E-state index contributed by atoms with van der Waals surface area (Å²) in [7, 11) is 0. The van der Waals surface area contributed by atoms with E-state index in [1.54, 1.807) is 24.3 Å². The second-order valence-electron chi connectivity index (χ2n) is 6.55. The van der Waals surface area contributed by atoms with Crippen LogP contribution in [0.3, 0.4) is 0 Å². The van der Waals surface area contributed by atoms with Crippen molar-refractivity contribution in [2.75, 3.05) is 18.4 Å². The first-order valence-electron chi connectivity index (χ1n) is 8.48. The Morgan fingerprint density at radius 1 is 1.33 bits per heavy atom. The Morgan fingerprint density at radius 3 is 2.63 bits per heavy atom. The van der Waals surface area contributed by atoms with Crippen LogP contribution in [-0.4, -0.2) is 29.8 Å². The standard InChI is InChI=1S/C19H20F2N4O2/c20-14-8-15(21)16(18(23)26)17(22)13(14)9-25-12-4-2-11(3-5-12)19(27)6-1-7-24-10-19/h2-5,8-9,22,24-25,27H,1,6-7,10H2,(H2,23,26)/b13-9-,22-17?. The zero-order valence-corrected chi connectivity index (χ0v) is 14.5. The van der Waals surface area contributed by atoms with Crippen molar-refractivity contribution in [2.45, 2.75) is 18.4 Å². The minimum atomic E-state index is -1.17. The monoisotopic (exact) mass is 374 g/mol. The smallest absolute Gasteiger partial charge is 0.253 e. The fraction of sp³-hybridized carbons (Fsp3) is 0.263. The van der Waals surface area contributed by atoms with E-state index in [0.717, 1.165) is 18.5 Å². The Labute approximate surface area is 155 Å². The summed E-state index contributed by atoms with van der Waals surface area (Å²) in [6.07, 6.45) is 3.25. The summed E-state index contributed by atoms with van der Waals surface area (Å²) in [5.74, 6) is -3.28. The number of piperidine rings is 1. The summed E-state index contributed by atoms with van der Waals surface area (Å²) in [4.78, 5) is 11.3. The van der Waals surface area contributed by atoms with Crippen LogP contribution in [0.15, 0.2) is 59.3 Å². The van der Waals surface area contributed by atoms with Crippen LogP contribution in [0.4, 0.5) is 14.5 Å². The van der Waals surface area contributed by atoms with Gasteiger partial charge >= 0.3 is 0 Å². The van der Waals surface area contributed by atoms with E-state index in [1.807, 2.05) is 0 Å². The number of nitrogens with two attached hydrogens (primary N) is 1. The fourth-order valence-electron chi connectivity index (χ4n) is 3.18. The molecule has 8 heteroatoms. The van der Waals surface area contributed by atoms with Crippen molar-refractivity contribution in [1.29, 1.82) is 5.41 Å². The molecular formula is C19H20F2N4O2. The number of primary amides is 1. The van der Waals surface area contributed by atoms with Crippen LogP contribution in [0, 0.1) is 5.41 Å². The second-order valence-corrected chi connectivity index (χ2v) is 6.55. The van der Waals surface area contributed by atoms with Gasteiger partial charge in [-0.25, -0.2) is 8.78 Å². The zero-order valence-electron chi connectivity index (χ0n) is 14.5. The molecule has 0 spiro atoms. The van der Waals surface area contributed by atoms with E-state index in [2.05, 4.69) is 10.6 Å². The first-order valence-corrected chi connectivity index (χ1v) is 8.48. The van der Waals surface area contributed by atoms with E-state index < -0.39 is 34.4 Å². The van der Waals surface area contributed by atoms with Gasteiger partial charge in [-0.3, -0.25) is 10.2 Å². The van der Waals surface area contributed by atoms with Gasteiger partial charge in [-0.1, -0.05) is 12.1 Å². The maximum atomic E-state index is 14.0. The normalized spacial score (nSPS) is 24.8. The average Bonchev–Trinajstić information content (AvgIpc) is 2.62. The third-order valence-corrected chi connectivity index (χ3v) is 4.68. The lowest BCUT2D eigenvalue weighted by Gasteiger charge is -2.33. The lowest BCUT2D eigenvalue weighted by atomic mass is 9.86. The summed E-state index contributed by atoms with van der Waals surface area (Å²) < 4.78 is 27.6. The van der Waals surface area contributed by atoms with E-state index in [-0.39, 0.29) is 5.57 Å². The highest BCUT2D eigenvalue weighted by molar-refractivity contribution is 6.29. The van der Waals surface area contributed by atoms with Gasteiger partial charge in [-0.2, -0.15) is 0 Å². The zero-order chi connectivity index (χ0) is 19.6. The van der Waals surface area contributed by atoms with Gasteiger partial charge in [-0.15, -0.1) is 0 Å². The van der Waals surface area contributed by atoms with E-state index in [0.29, 0.717) is 24.7 Å². The van der Waals surface area contributed by atoms with Crippen LogP contribution < -0.4 is 16.4 Å². The highest BCUT2D eigenvalue weighted by Gasteiger charge is 2.31. The number of carbonyl (C=O) groups is 1. The third kappa shape index (κ3) is 3.81. The van der Waals surface area contributed by atoms with Crippen LogP contribution >= 0.6 is 0 Å². The topological polar surface area (TPSA) is 111 Å². The minimum absolute atomic E-state index is 0.274. The highest BCUT2D eigenvalue weighted by atomic mass is 19.1. The number of aliphatic hydroxyl groups is 1. The summed E-state index contributed by atoms with van der Waals surface area (Å²) >= 11 is 0. The predicted octanol–water partition coefficient (Wildman–Crippen LogP) is 2.15. The van der Waals surface area contributed by atoms with Crippen molar-refractivity contribution < 1.29 is 18.7 Å². The number of nitrogens with one attached hydrogen (secondary N) is 3. The first kappa shape index (κ1) is 18.9. The maximum absolute atomic E-state index is 14.0. The number of carbonyl (C=O) groups excluding carboxylic acids is 1. The van der Waals surface area contributed by atoms with Crippen molar-refractivity contribution in [2.24, 2.45) is 5.73 Å². The molecule has 1 aliphatic heterocycles. The number of hydrogen-bond acceptors (Lipinski definition) is 5. The van der Waals surface area contributed by atoms with Gasteiger partial charge in [0.05, 0.1) is 11.3 Å².